The molecule has 1 saturated carbocycles. The Kier molecular flexibility index (Phi) is 6.21. The monoisotopic (exact) mass is 245 g/mol. The van der Waals surface area contributed by atoms with Crippen LogP contribution in [0.25, 0.3) is 0 Å². The molecule has 1 rings (SSSR count). The molecule has 1 aliphatic carbocycles. The molecule has 0 aliphatic heterocycles. The van der Waals surface area contributed by atoms with Crippen molar-refractivity contribution in [3.8, 4) is 0 Å². The van der Waals surface area contributed by atoms with Gasteiger partial charge in [0.15, 0.2) is 0 Å². The van der Waals surface area contributed by atoms with Gasteiger partial charge in [-0.05, 0) is 25.0 Å². The highest BCUT2D eigenvalue weighted by Crippen LogP contribution is 2.27. The minimum atomic E-state index is -0.351. The summed E-state index contributed by atoms with van der Waals surface area (Å²) in [6, 6.07) is 0. The molecule has 1 aliphatic rings. The second kappa shape index (κ2) is 7.17. The van der Waals surface area contributed by atoms with Crippen molar-refractivity contribution < 1.29 is 9.90 Å². The summed E-state index contributed by atoms with van der Waals surface area (Å²) in [6.07, 6.45) is 6.86. The first kappa shape index (κ1) is 13.8. The fraction of sp³-hybridized carbons (Fsp3) is 0.917. The molecule has 16 heavy (non-hydrogen) atoms. The standard InChI is InChI=1S/C12H23NO2S/c1-9(16-2)7-12(15)13-8-11(14)10-5-3-4-6-10/h9-11,14H,3-8H2,1-2H3,(H,13,15). The Labute approximate surface area is 102 Å². The zero-order valence-electron chi connectivity index (χ0n) is 10.2. The third-order valence-electron chi connectivity index (χ3n) is 3.33. The van der Waals surface area contributed by atoms with Crippen molar-refractivity contribution in [3.63, 3.8) is 0 Å². The molecule has 4 heteroatoms. The maximum absolute atomic E-state index is 11.5. The first-order chi connectivity index (χ1) is 7.63. The van der Waals surface area contributed by atoms with E-state index in [9.17, 15) is 9.90 Å². The number of thioether (sulfide) groups is 1. The Balaban J connectivity index is 2.15. The molecule has 0 saturated heterocycles. The molecule has 2 N–H and O–H groups in total. The average Bonchev–Trinajstić information content (AvgIpc) is 2.79. The quantitative estimate of drug-likeness (QED) is 0.750. The van der Waals surface area contributed by atoms with Crippen LogP contribution in [0, 0.1) is 5.92 Å². The van der Waals surface area contributed by atoms with E-state index in [0.717, 1.165) is 12.8 Å². The highest BCUT2D eigenvalue weighted by atomic mass is 32.2. The van der Waals surface area contributed by atoms with Crippen molar-refractivity contribution in [1.29, 1.82) is 0 Å². The number of carbonyl (C=O) groups excluding carboxylic acids is 1. The van der Waals surface area contributed by atoms with Crippen molar-refractivity contribution in [2.24, 2.45) is 5.92 Å². The number of hydrogen-bond donors (Lipinski definition) is 2. The second-order valence-corrected chi connectivity index (χ2v) is 5.94. The fourth-order valence-corrected chi connectivity index (χ4v) is 2.46. The van der Waals surface area contributed by atoms with Gasteiger partial charge in [0.2, 0.25) is 5.91 Å². The van der Waals surface area contributed by atoms with E-state index in [1.807, 2.05) is 13.2 Å². The van der Waals surface area contributed by atoms with Crippen LogP contribution in [0.1, 0.15) is 39.0 Å². The molecule has 0 bridgehead atoms. The van der Waals surface area contributed by atoms with Crippen molar-refractivity contribution in [3.05, 3.63) is 0 Å². The van der Waals surface area contributed by atoms with Crippen LogP contribution in [0.2, 0.25) is 0 Å². The molecule has 0 spiro atoms. The van der Waals surface area contributed by atoms with Crippen LogP contribution >= 0.6 is 11.8 Å². The average molecular weight is 245 g/mol. The Morgan fingerprint density at radius 2 is 2.12 bits per heavy atom. The van der Waals surface area contributed by atoms with Crippen LogP contribution < -0.4 is 5.32 Å². The molecule has 0 heterocycles. The van der Waals surface area contributed by atoms with E-state index in [1.54, 1.807) is 11.8 Å². The second-order valence-electron chi connectivity index (χ2n) is 4.67. The van der Waals surface area contributed by atoms with Crippen LogP contribution in [-0.2, 0) is 4.79 Å². The molecule has 2 unspecified atom stereocenters. The van der Waals surface area contributed by atoms with Gasteiger partial charge in [-0.3, -0.25) is 4.79 Å². The number of nitrogens with one attached hydrogen (secondary N) is 1. The Morgan fingerprint density at radius 3 is 2.69 bits per heavy atom. The lowest BCUT2D eigenvalue weighted by atomic mass is 10.0. The molecule has 3 nitrogen and oxygen atoms in total. The zero-order valence-corrected chi connectivity index (χ0v) is 11.1. The minimum absolute atomic E-state index is 0.0545. The van der Waals surface area contributed by atoms with E-state index < -0.39 is 0 Å². The summed E-state index contributed by atoms with van der Waals surface area (Å²) in [4.78, 5) is 11.5. The van der Waals surface area contributed by atoms with Gasteiger partial charge in [0.05, 0.1) is 6.10 Å². The maximum Gasteiger partial charge on any atom is 0.221 e. The largest absolute Gasteiger partial charge is 0.391 e. The molecule has 0 aromatic rings. The van der Waals surface area contributed by atoms with Crippen molar-refractivity contribution in [2.45, 2.75) is 50.4 Å². The van der Waals surface area contributed by atoms with Gasteiger partial charge in [-0.25, -0.2) is 0 Å². The van der Waals surface area contributed by atoms with Gasteiger partial charge < -0.3 is 10.4 Å². The summed E-state index contributed by atoms with van der Waals surface area (Å²) in [6.45, 7) is 2.46. The molecule has 94 valence electrons. The van der Waals surface area contributed by atoms with Crippen LogP contribution in [0.4, 0.5) is 0 Å². The summed E-state index contributed by atoms with van der Waals surface area (Å²) >= 11 is 1.69. The Hall–Kier alpha value is -0.220. The summed E-state index contributed by atoms with van der Waals surface area (Å²) in [5.41, 5.74) is 0. The molecule has 0 radical (unpaired) electrons. The molecule has 0 aromatic heterocycles. The molecule has 1 fully saturated rings. The smallest absolute Gasteiger partial charge is 0.221 e. The molecule has 1 amide bonds. The van der Waals surface area contributed by atoms with Gasteiger partial charge >= 0.3 is 0 Å². The van der Waals surface area contributed by atoms with E-state index in [2.05, 4.69) is 5.32 Å². The van der Waals surface area contributed by atoms with Crippen molar-refractivity contribution >= 4 is 17.7 Å². The third kappa shape index (κ3) is 4.74. The molecule has 0 aromatic carbocycles. The normalized spacial score (nSPS) is 20.7. The number of carbonyl (C=O) groups is 1. The molecular formula is C12H23NO2S. The van der Waals surface area contributed by atoms with Gasteiger partial charge in [-0.15, -0.1) is 0 Å². The maximum atomic E-state index is 11.5. The number of rotatable bonds is 6. The van der Waals surface area contributed by atoms with E-state index in [0.29, 0.717) is 24.1 Å². The predicted octanol–water partition coefficient (Wildman–Crippen LogP) is 1.80. The van der Waals surface area contributed by atoms with Gasteiger partial charge in [0.25, 0.3) is 0 Å². The molecular weight excluding hydrogens is 222 g/mol. The van der Waals surface area contributed by atoms with Crippen LogP contribution in [0.3, 0.4) is 0 Å². The summed E-state index contributed by atoms with van der Waals surface area (Å²) < 4.78 is 0. The lowest BCUT2D eigenvalue weighted by molar-refractivity contribution is -0.121. The first-order valence-electron chi connectivity index (χ1n) is 6.11. The lowest BCUT2D eigenvalue weighted by Gasteiger charge is -2.18. The summed E-state index contributed by atoms with van der Waals surface area (Å²) in [5, 5.41) is 13.0. The fourth-order valence-electron chi connectivity index (χ4n) is 2.14. The minimum Gasteiger partial charge on any atom is -0.391 e. The Morgan fingerprint density at radius 1 is 1.50 bits per heavy atom. The van der Waals surface area contributed by atoms with E-state index in [4.69, 9.17) is 0 Å². The van der Waals surface area contributed by atoms with Crippen molar-refractivity contribution in [1.82, 2.24) is 5.32 Å². The summed E-state index contributed by atoms with van der Waals surface area (Å²) in [7, 11) is 0. The van der Waals surface area contributed by atoms with E-state index in [-0.39, 0.29) is 12.0 Å². The van der Waals surface area contributed by atoms with Gasteiger partial charge in [-0.2, -0.15) is 11.8 Å². The van der Waals surface area contributed by atoms with Gasteiger partial charge in [-0.1, -0.05) is 19.8 Å². The van der Waals surface area contributed by atoms with Crippen LogP contribution in [0.15, 0.2) is 0 Å². The topological polar surface area (TPSA) is 49.3 Å². The van der Waals surface area contributed by atoms with Crippen LogP contribution in [-0.4, -0.2) is 35.2 Å². The lowest BCUT2D eigenvalue weighted by Crippen LogP contribution is -2.36. The molecule has 2 atom stereocenters. The number of amides is 1. The highest BCUT2D eigenvalue weighted by Gasteiger charge is 2.23. The van der Waals surface area contributed by atoms with Gasteiger partial charge in [0.1, 0.15) is 0 Å². The Bertz CT molecular complexity index is 217. The van der Waals surface area contributed by atoms with E-state index >= 15 is 0 Å². The van der Waals surface area contributed by atoms with E-state index in [1.165, 1.54) is 12.8 Å². The zero-order chi connectivity index (χ0) is 12.0. The third-order valence-corrected chi connectivity index (χ3v) is 4.30. The first-order valence-corrected chi connectivity index (χ1v) is 7.39. The van der Waals surface area contributed by atoms with Crippen LogP contribution in [0.5, 0.6) is 0 Å². The van der Waals surface area contributed by atoms with Crippen molar-refractivity contribution in [2.75, 3.05) is 12.8 Å². The SMILES string of the molecule is CSC(C)CC(=O)NCC(O)C1CCCC1. The highest BCUT2D eigenvalue weighted by molar-refractivity contribution is 7.99. The predicted molar refractivity (Wildman–Crippen MR) is 68.6 cm³/mol. The number of hydrogen-bond acceptors (Lipinski definition) is 3. The van der Waals surface area contributed by atoms with Gasteiger partial charge in [0, 0.05) is 18.2 Å². The summed E-state index contributed by atoms with van der Waals surface area (Å²) in [5.74, 6) is 0.456. The number of aliphatic hydroxyl groups excluding tert-OH is 1. The number of aliphatic hydroxyl groups is 1.